The van der Waals surface area contributed by atoms with Gasteiger partial charge < -0.3 is 14.7 Å². The lowest BCUT2D eigenvalue weighted by atomic mass is 10.0. The number of nitrogens with zero attached hydrogens (tertiary/aromatic N) is 2. The predicted octanol–water partition coefficient (Wildman–Crippen LogP) is 2.99. The van der Waals surface area contributed by atoms with Crippen LogP contribution in [0.2, 0.25) is 0 Å². The van der Waals surface area contributed by atoms with E-state index < -0.39 is 22.2 Å². The number of amides is 1. The second kappa shape index (κ2) is 10.4. The van der Waals surface area contributed by atoms with Crippen molar-refractivity contribution in [1.29, 1.82) is 0 Å². The lowest BCUT2D eigenvalue weighted by Crippen LogP contribution is -2.50. The number of hydrogen-bond acceptors (Lipinski definition) is 5. The lowest BCUT2D eigenvalue weighted by Gasteiger charge is -2.37. The summed E-state index contributed by atoms with van der Waals surface area (Å²) in [6, 6.07) is 13.3. The minimum absolute atomic E-state index is 0.0451. The van der Waals surface area contributed by atoms with E-state index in [0.29, 0.717) is 17.0 Å². The maximum Gasteiger partial charge on any atom is 0.253 e. The molecule has 0 aromatic heterocycles. The molecule has 0 unspecified atom stereocenters. The minimum atomic E-state index is -3.91. The molecule has 1 fully saturated rings. The van der Waals surface area contributed by atoms with Gasteiger partial charge in [0.1, 0.15) is 16.7 Å². The number of sulfonamides is 1. The fraction of sp³-hybridized carbons (Fsp3) is 0.444. The standard InChI is InChI=1S/C27H32N2O5S/c1-19-16-29(20(2)18-30)35(32,33)26-14-13-22(12-11-21-9-10-21)15-24(26)34-25(19)17-28(3)27(31)23-7-5-4-6-8-23/h4-8,13-15,19-21,25,30H,9-10,16-18H2,1-3H3/t19-,20-,25+/m1/s1. The van der Waals surface area contributed by atoms with Crippen LogP contribution >= 0.6 is 0 Å². The average Bonchev–Trinajstić information content (AvgIpc) is 3.69. The normalized spacial score (nSPS) is 22.4. The average molecular weight is 497 g/mol. The summed E-state index contributed by atoms with van der Waals surface area (Å²) >= 11 is 0. The van der Waals surface area contributed by atoms with Crippen LogP contribution in [-0.4, -0.2) is 67.5 Å². The molecule has 0 radical (unpaired) electrons. The van der Waals surface area contributed by atoms with Gasteiger partial charge in [-0.25, -0.2) is 8.42 Å². The molecule has 1 heterocycles. The lowest BCUT2D eigenvalue weighted by molar-refractivity contribution is 0.0563. The van der Waals surface area contributed by atoms with Gasteiger partial charge in [0.15, 0.2) is 0 Å². The van der Waals surface area contributed by atoms with Crippen molar-refractivity contribution >= 4 is 15.9 Å². The summed E-state index contributed by atoms with van der Waals surface area (Å²) in [6.45, 7) is 3.71. The van der Waals surface area contributed by atoms with Gasteiger partial charge in [0.05, 0.1) is 13.2 Å². The molecule has 3 atom stereocenters. The quantitative estimate of drug-likeness (QED) is 0.643. The van der Waals surface area contributed by atoms with Crippen molar-refractivity contribution in [1.82, 2.24) is 9.21 Å². The molecule has 2 aromatic rings. The molecule has 0 saturated heterocycles. The molecule has 4 rings (SSSR count). The summed E-state index contributed by atoms with van der Waals surface area (Å²) in [7, 11) is -2.20. The van der Waals surface area contributed by atoms with Crippen molar-refractivity contribution in [3.8, 4) is 17.6 Å². The number of likely N-dealkylation sites (N-methyl/N-ethyl adjacent to an activating group) is 1. The Morgan fingerprint density at radius 3 is 2.60 bits per heavy atom. The van der Waals surface area contributed by atoms with E-state index >= 15 is 0 Å². The highest BCUT2D eigenvalue weighted by Gasteiger charge is 2.38. The first-order chi connectivity index (χ1) is 16.7. The number of carbonyl (C=O) groups is 1. The summed E-state index contributed by atoms with van der Waals surface area (Å²) in [6.07, 6.45) is 1.72. The molecule has 8 heteroatoms. The van der Waals surface area contributed by atoms with Crippen molar-refractivity contribution < 1.29 is 23.1 Å². The van der Waals surface area contributed by atoms with E-state index in [2.05, 4.69) is 11.8 Å². The highest BCUT2D eigenvalue weighted by atomic mass is 32.2. The molecule has 1 aliphatic carbocycles. The van der Waals surface area contributed by atoms with Crippen LogP contribution in [0.3, 0.4) is 0 Å². The molecule has 1 N–H and O–H groups in total. The fourth-order valence-corrected chi connectivity index (χ4v) is 5.91. The SMILES string of the molecule is C[C@@H]1CN([C@H](C)CO)S(=O)(=O)c2ccc(C#CC3CC3)cc2O[C@H]1CN(C)C(=O)c1ccccc1. The first-order valence-corrected chi connectivity index (χ1v) is 13.4. The molecule has 0 spiro atoms. The van der Waals surface area contributed by atoms with Gasteiger partial charge in [-0.05, 0) is 50.1 Å². The molecule has 2 aliphatic rings. The zero-order valence-electron chi connectivity index (χ0n) is 20.3. The van der Waals surface area contributed by atoms with Crippen LogP contribution in [0.5, 0.6) is 5.75 Å². The molecule has 186 valence electrons. The van der Waals surface area contributed by atoms with Gasteiger partial charge in [-0.1, -0.05) is 37.0 Å². The van der Waals surface area contributed by atoms with Gasteiger partial charge in [-0.15, -0.1) is 0 Å². The maximum atomic E-state index is 13.6. The summed E-state index contributed by atoms with van der Waals surface area (Å²) in [5.74, 6) is 6.57. The van der Waals surface area contributed by atoms with Crippen LogP contribution in [0.4, 0.5) is 0 Å². The number of rotatable bonds is 5. The maximum absolute atomic E-state index is 13.6. The van der Waals surface area contributed by atoms with Crippen molar-refractivity contribution in [3.63, 3.8) is 0 Å². The summed E-state index contributed by atoms with van der Waals surface area (Å²) in [5.41, 5.74) is 1.26. The van der Waals surface area contributed by atoms with Crippen LogP contribution in [0, 0.1) is 23.7 Å². The first-order valence-electron chi connectivity index (χ1n) is 12.0. The Labute approximate surface area is 207 Å². The van der Waals surface area contributed by atoms with Gasteiger partial charge in [0.2, 0.25) is 10.0 Å². The van der Waals surface area contributed by atoms with E-state index in [1.807, 2.05) is 25.1 Å². The van der Waals surface area contributed by atoms with Crippen molar-refractivity contribution in [2.45, 2.75) is 43.7 Å². The zero-order valence-corrected chi connectivity index (χ0v) is 21.2. The highest BCUT2D eigenvalue weighted by molar-refractivity contribution is 7.89. The van der Waals surface area contributed by atoms with Crippen LogP contribution in [0.15, 0.2) is 53.4 Å². The Hall–Kier alpha value is -2.86. The van der Waals surface area contributed by atoms with E-state index in [0.717, 1.165) is 12.8 Å². The molecule has 0 bridgehead atoms. The van der Waals surface area contributed by atoms with Gasteiger partial charge >= 0.3 is 0 Å². The Bertz CT molecular complexity index is 1230. The number of carbonyl (C=O) groups excluding carboxylic acids is 1. The third-order valence-electron chi connectivity index (χ3n) is 6.49. The monoisotopic (exact) mass is 496 g/mol. The van der Waals surface area contributed by atoms with Crippen molar-refractivity contribution in [2.24, 2.45) is 11.8 Å². The zero-order chi connectivity index (χ0) is 25.2. The van der Waals surface area contributed by atoms with E-state index in [-0.39, 0.29) is 42.2 Å². The molecular weight excluding hydrogens is 464 g/mol. The molecular formula is C27H32N2O5S. The van der Waals surface area contributed by atoms with Gasteiger partial charge in [-0.3, -0.25) is 4.79 Å². The number of hydrogen-bond donors (Lipinski definition) is 1. The Kier molecular flexibility index (Phi) is 7.50. The smallest absolute Gasteiger partial charge is 0.253 e. The van der Waals surface area contributed by atoms with Gasteiger partial charge in [0.25, 0.3) is 5.91 Å². The molecule has 35 heavy (non-hydrogen) atoms. The summed E-state index contributed by atoms with van der Waals surface area (Å²) < 4.78 is 34.8. The number of ether oxygens (including phenoxy) is 1. The van der Waals surface area contributed by atoms with Crippen molar-refractivity contribution in [2.75, 3.05) is 26.7 Å². The van der Waals surface area contributed by atoms with E-state index in [4.69, 9.17) is 4.74 Å². The Morgan fingerprint density at radius 2 is 1.94 bits per heavy atom. The second-order valence-electron chi connectivity index (χ2n) is 9.50. The topological polar surface area (TPSA) is 87.2 Å². The number of benzene rings is 2. The second-order valence-corrected chi connectivity index (χ2v) is 11.4. The molecule has 2 aromatic carbocycles. The Morgan fingerprint density at radius 1 is 1.23 bits per heavy atom. The third-order valence-corrected chi connectivity index (χ3v) is 8.51. The molecule has 1 amide bonds. The summed E-state index contributed by atoms with van der Waals surface area (Å²) in [4.78, 5) is 14.6. The van der Waals surface area contributed by atoms with Crippen LogP contribution < -0.4 is 4.74 Å². The van der Waals surface area contributed by atoms with Crippen LogP contribution in [0.25, 0.3) is 0 Å². The van der Waals surface area contributed by atoms with Crippen LogP contribution in [0.1, 0.15) is 42.6 Å². The van der Waals surface area contributed by atoms with Gasteiger partial charge in [-0.2, -0.15) is 4.31 Å². The van der Waals surface area contributed by atoms with E-state index in [9.17, 15) is 18.3 Å². The predicted molar refractivity (Wildman–Crippen MR) is 133 cm³/mol. The third kappa shape index (κ3) is 5.69. The van der Waals surface area contributed by atoms with E-state index in [1.165, 1.54) is 10.4 Å². The van der Waals surface area contributed by atoms with E-state index in [1.54, 1.807) is 43.1 Å². The van der Waals surface area contributed by atoms with Gasteiger partial charge in [0, 0.05) is 42.6 Å². The highest BCUT2D eigenvalue weighted by Crippen LogP contribution is 2.34. The van der Waals surface area contributed by atoms with Crippen LogP contribution in [-0.2, 0) is 10.0 Å². The Balaban J connectivity index is 1.69. The minimum Gasteiger partial charge on any atom is -0.487 e. The largest absolute Gasteiger partial charge is 0.487 e. The number of aliphatic hydroxyl groups excluding tert-OH is 1. The van der Waals surface area contributed by atoms with Crippen molar-refractivity contribution in [3.05, 3.63) is 59.7 Å². The molecule has 1 saturated carbocycles. The summed E-state index contributed by atoms with van der Waals surface area (Å²) in [5, 5.41) is 9.79. The number of fused-ring (bicyclic) bond motifs is 1. The fourth-order valence-electron chi connectivity index (χ4n) is 4.09. The molecule has 7 nitrogen and oxygen atoms in total. The first kappa shape index (κ1) is 25.2. The number of aliphatic hydroxyl groups is 1. The molecule has 1 aliphatic heterocycles.